The summed E-state index contributed by atoms with van der Waals surface area (Å²) in [5.74, 6) is 0.212. The predicted molar refractivity (Wildman–Crippen MR) is 111 cm³/mol. The lowest BCUT2D eigenvalue weighted by Gasteiger charge is -2.36. The molecule has 1 aromatic carbocycles. The average molecular weight is 414 g/mol. The Hall–Kier alpha value is -2.51. The largest absolute Gasteiger partial charge is 0.368 e. The van der Waals surface area contributed by atoms with Gasteiger partial charge in [0, 0.05) is 23.3 Å². The van der Waals surface area contributed by atoms with Crippen molar-refractivity contribution in [1.29, 1.82) is 0 Å². The number of nitrogens with zero attached hydrogens (tertiary/aromatic N) is 4. The van der Waals surface area contributed by atoms with Crippen LogP contribution >= 0.6 is 22.9 Å². The zero-order chi connectivity index (χ0) is 19.7. The van der Waals surface area contributed by atoms with Gasteiger partial charge in [-0.15, -0.1) is 11.3 Å². The molecule has 1 aliphatic heterocycles. The Labute approximate surface area is 172 Å². The van der Waals surface area contributed by atoms with Gasteiger partial charge in [0.25, 0.3) is 5.91 Å². The zero-order valence-electron chi connectivity index (χ0n) is 15.4. The third-order valence-electron chi connectivity index (χ3n) is 5.01. The van der Waals surface area contributed by atoms with Crippen molar-refractivity contribution in [3.63, 3.8) is 0 Å². The number of aromatic nitrogens is 3. The van der Waals surface area contributed by atoms with E-state index in [1.807, 2.05) is 36.1 Å². The maximum atomic E-state index is 13.2. The molecular weight excluding hydrogens is 394 g/mol. The van der Waals surface area contributed by atoms with E-state index in [9.17, 15) is 4.79 Å². The van der Waals surface area contributed by atoms with Crippen LogP contribution in [0.3, 0.4) is 0 Å². The van der Waals surface area contributed by atoms with Crippen molar-refractivity contribution >= 4 is 34.8 Å². The lowest BCUT2D eigenvalue weighted by molar-refractivity contribution is 0.0611. The van der Waals surface area contributed by atoms with Crippen molar-refractivity contribution < 1.29 is 4.79 Å². The summed E-state index contributed by atoms with van der Waals surface area (Å²) in [5, 5.41) is 0.664. The molecule has 1 amide bonds. The predicted octanol–water partition coefficient (Wildman–Crippen LogP) is 4.51. The molecule has 2 N–H and O–H groups in total. The van der Waals surface area contributed by atoms with Gasteiger partial charge in [0.2, 0.25) is 5.95 Å². The molecule has 3 heterocycles. The lowest BCUT2D eigenvalue weighted by atomic mass is 9.93. The molecule has 1 saturated heterocycles. The molecular formula is C20H20ClN5OS. The van der Waals surface area contributed by atoms with Gasteiger partial charge in [0.1, 0.15) is 4.88 Å². The highest BCUT2D eigenvalue weighted by Crippen LogP contribution is 2.37. The number of carbonyl (C=O) groups excluding carboxylic acids is 1. The number of nitrogen functional groups attached to an aromatic ring is 1. The van der Waals surface area contributed by atoms with Crippen LogP contribution in [0.1, 0.15) is 46.4 Å². The number of amides is 1. The number of rotatable bonds is 3. The van der Waals surface area contributed by atoms with E-state index in [0.29, 0.717) is 16.4 Å². The summed E-state index contributed by atoms with van der Waals surface area (Å²) in [6.45, 7) is 2.55. The molecule has 1 aliphatic rings. The second kappa shape index (κ2) is 7.85. The third-order valence-corrected chi connectivity index (χ3v) is 6.18. The molecule has 3 aromatic rings. The summed E-state index contributed by atoms with van der Waals surface area (Å²) < 4.78 is 0. The molecule has 2 aromatic heterocycles. The molecule has 1 atom stereocenters. The van der Waals surface area contributed by atoms with E-state index in [0.717, 1.165) is 41.8 Å². The van der Waals surface area contributed by atoms with Gasteiger partial charge < -0.3 is 10.6 Å². The Balaban J connectivity index is 1.77. The first-order valence-electron chi connectivity index (χ1n) is 9.14. The smallest absolute Gasteiger partial charge is 0.266 e. The van der Waals surface area contributed by atoms with Crippen LogP contribution in [0.4, 0.5) is 5.95 Å². The van der Waals surface area contributed by atoms with Crippen LogP contribution in [0.5, 0.6) is 0 Å². The van der Waals surface area contributed by atoms with E-state index in [2.05, 4.69) is 15.0 Å². The first-order chi connectivity index (χ1) is 13.5. The number of likely N-dealkylation sites (tertiary alicyclic amines) is 1. The molecule has 6 nitrogen and oxygen atoms in total. The molecule has 1 unspecified atom stereocenters. The molecule has 1 fully saturated rings. The quantitative estimate of drug-likeness (QED) is 0.682. The van der Waals surface area contributed by atoms with E-state index in [-0.39, 0.29) is 17.9 Å². The van der Waals surface area contributed by atoms with Gasteiger partial charge in [-0.2, -0.15) is 0 Å². The molecule has 8 heteroatoms. The van der Waals surface area contributed by atoms with Gasteiger partial charge in [-0.1, -0.05) is 23.7 Å². The van der Waals surface area contributed by atoms with Crippen molar-refractivity contribution in [2.75, 3.05) is 12.3 Å². The summed E-state index contributed by atoms with van der Waals surface area (Å²) in [5.41, 5.74) is 11.0. The fourth-order valence-corrected chi connectivity index (χ4v) is 4.50. The highest BCUT2D eigenvalue weighted by molar-refractivity contribution is 7.11. The number of thiazole rings is 1. The Morgan fingerprint density at radius 1 is 1.25 bits per heavy atom. The van der Waals surface area contributed by atoms with Gasteiger partial charge in [0.15, 0.2) is 0 Å². The normalized spacial score (nSPS) is 16.9. The highest BCUT2D eigenvalue weighted by atomic mass is 35.5. The minimum atomic E-state index is -0.154. The average Bonchev–Trinajstić information content (AvgIpc) is 3.14. The maximum Gasteiger partial charge on any atom is 0.266 e. The SMILES string of the molecule is Cc1ncsc1C(=O)N1CCCCC1c1nc(N)ncc1-c1ccc(Cl)cc1. The number of halogens is 1. The van der Waals surface area contributed by atoms with Crippen molar-refractivity contribution in [3.8, 4) is 11.1 Å². The summed E-state index contributed by atoms with van der Waals surface area (Å²) in [6, 6.07) is 7.38. The van der Waals surface area contributed by atoms with E-state index >= 15 is 0 Å². The number of carbonyl (C=O) groups is 1. The Kier molecular flexibility index (Phi) is 5.28. The number of hydrogen-bond donors (Lipinski definition) is 1. The van der Waals surface area contributed by atoms with Crippen molar-refractivity contribution in [1.82, 2.24) is 19.9 Å². The molecule has 0 spiro atoms. The third kappa shape index (κ3) is 3.59. The number of benzene rings is 1. The molecule has 0 aliphatic carbocycles. The number of piperidine rings is 1. The van der Waals surface area contributed by atoms with Crippen LogP contribution in [0.15, 0.2) is 36.0 Å². The molecule has 28 heavy (non-hydrogen) atoms. The van der Waals surface area contributed by atoms with Crippen LogP contribution in [-0.4, -0.2) is 32.3 Å². The maximum absolute atomic E-state index is 13.2. The fourth-order valence-electron chi connectivity index (χ4n) is 3.61. The molecule has 4 rings (SSSR count). The Morgan fingerprint density at radius 3 is 2.75 bits per heavy atom. The Bertz CT molecular complexity index is 1000. The summed E-state index contributed by atoms with van der Waals surface area (Å²) in [7, 11) is 0. The Morgan fingerprint density at radius 2 is 2.04 bits per heavy atom. The van der Waals surface area contributed by atoms with Gasteiger partial charge in [-0.05, 0) is 43.9 Å². The van der Waals surface area contributed by atoms with Crippen molar-refractivity contribution in [2.24, 2.45) is 0 Å². The van der Waals surface area contributed by atoms with Crippen LogP contribution < -0.4 is 5.73 Å². The van der Waals surface area contributed by atoms with E-state index in [4.69, 9.17) is 17.3 Å². The summed E-state index contributed by atoms with van der Waals surface area (Å²) in [4.78, 5) is 28.8. The molecule has 0 bridgehead atoms. The van der Waals surface area contributed by atoms with E-state index in [1.54, 1.807) is 11.7 Å². The van der Waals surface area contributed by atoms with Crippen LogP contribution in [-0.2, 0) is 0 Å². The minimum absolute atomic E-state index is 0.00365. The monoisotopic (exact) mass is 413 g/mol. The summed E-state index contributed by atoms with van der Waals surface area (Å²) in [6.07, 6.45) is 4.56. The molecule has 0 radical (unpaired) electrons. The van der Waals surface area contributed by atoms with Crippen molar-refractivity contribution in [2.45, 2.75) is 32.2 Å². The van der Waals surface area contributed by atoms with Gasteiger partial charge >= 0.3 is 0 Å². The van der Waals surface area contributed by atoms with Gasteiger partial charge in [-0.25, -0.2) is 15.0 Å². The van der Waals surface area contributed by atoms with Crippen LogP contribution in [0, 0.1) is 6.92 Å². The van der Waals surface area contributed by atoms with Crippen LogP contribution in [0.2, 0.25) is 5.02 Å². The first-order valence-corrected chi connectivity index (χ1v) is 10.4. The summed E-state index contributed by atoms with van der Waals surface area (Å²) >= 11 is 7.42. The van der Waals surface area contributed by atoms with E-state index in [1.165, 1.54) is 11.3 Å². The van der Waals surface area contributed by atoms with Gasteiger partial charge in [0.05, 0.1) is 22.9 Å². The zero-order valence-corrected chi connectivity index (χ0v) is 17.0. The first kappa shape index (κ1) is 18.8. The van der Waals surface area contributed by atoms with E-state index < -0.39 is 0 Å². The number of anilines is 1. The number of aryl methyl sites for hydroxylation is 1. The van der Waals surface area contributed by atoms with Crippen LogP contribution in [0.25, 0.3) is 11.1 Å². The minimum Gasteiger partial charge on any atom is -0.368 e. The second-order valence-electron chi connectivity index (χ2n) is 6.81. The number of hydrogen-bond acceptors (Lipinski definition) is 6. The topological polar surface area (TPSA) is 85.0 Å². The lowest BCUT2D eigenvalue weighted by Crippen LogP contribution is -2.39. The standard InChI is InChI=1S/C20H20ClN5OS/c1-12-18(28-11-24-12)19(27)26-9-3-2-4-16(26)17-15(10-23-20(22)25-17)13-5-7-14(21)8-6-13/h5-8,10-11,16H,2-4,9H2,1H3,(H2,22,23,25). The van der Waals surface area contributed by atoms with Crippen molar-refractivity contribution in [3.05, 3.63) is 57.3 Å². The second-order valence-corrected chi connectivity index (χ2v) is 8.10. The fraction of sp³-hybridized carbons (Fsp3) is 0.300. The van der Waals surface area contributed by atoms with Gasteiger partial charge in [-0.3, -0.25) is 4.79 Å². The molecule has 0 saturated carbocycles. The number of nitrogens with two attached hydrogens (primary N) is 1. The molecule has 144 valence electrons. The highest BCUT2D eigenvalue weighted by Gasteiger charge is 2.33.